The first-order chi connectivity index (χ1) is 14.0. The molecule has 0 aliphatic heterocycles. The molecule has 4 aromatic rings. The van der Waals surface area contributed by atoms with E-state index in [1.807, 2.05) is 6.07 Å². The van der Waals surface area contributed by atoms with Gasteiger partial charge in [-0.05, 0) is 25.1 Å². The Labute approximate surface area is 165 Å². The number of anilines is 2. The summed E-state index contributed by atoms with van der Waals surface area (Å²) in [6.45, 7) is 1.76. The van der Waals surface area contributed by atoms with Gasteiger partial charge in [0.05, 0.1) is 0 Å². The first-order valence-corrected chi connectivity index (χ1v) is 8.68. The largest absolute Gasteiger partial charge is 0.493 e. The number of aromatic nitrogens is 5. The Balaban J connectivity index is 1.55. The molecule has 0 saturated heterocycles. The van der Waals surface area contributed by atoms with Gasteiger partial charge in [-0.15, -0.1) is 5.10 Å². The van der Waals surface area contributed by atoms with Gasteiger partial charge in [0.15, 0.2) is 0 Å². The first-order valence-electron chi connectivity index (χ1n) is 8.68. The zero-order chi connectivity index (χ0) is 20.4. The van der Waals surface area contributed by atoms with Gasteiger partial charge in [-0.1, -0.05) is 6.07 Å². The zero-order valence-corrected chi connectivity index (χ0v) is 15.6. The first kappa shape index (κ1) is 18.2. The highest BCUT2D eigenvalue weighted by Crippen LogP contribution is 2.26. The number of hydrogen-bond acceptors (Lipinski definition) is 8. The summed E-state index contributed by atoms with van der Waals surface area (Å²) in [5.41, 5.74) is 1.57. The number of carbonyl (C=O) groups excluding carboxylic acids is 1. The van der Waals surface area contributed by atoms with Crippen molar-refractivity contribution in [3.8, 4) is 17.4 Å². The van der Waals surface area contributed by atoms with Crippen molar-refractivity contribution in [2.24, 2.45) is 0 Å². The molecule has 1 aromatic carbocycles. The van der Waals surface area contributed by atoms with Crippen LogP contribution in [0.25, 0.3) is 5.78 Å². The Hall–Kier alpha value is -4.21. The van der Waals surface area contributed by atoms with Gasteiger partial charge in [-0.25, -0.2) is 4.98 Å². The van der Waals surface area contributed by atoms with Crippen LogP contribution in [0.3, 0.4) is 0 Å². The Morgan fingerprint density at radius 1 is 1.14 bits per heavy atom. The van der Waals surface area contributed by atoms with Gasteiger partial charge in [-0.2, -0.15) is 9.50 Å². The molecule has 10 heteroatoms. The molecule has 0 unspecified atom stereocenters. The zero-order valence-electron chi connectivity index (χ0n) is 15.6. The molecular formula is C19H17N7O3. The number of carbonyl (C=O) groups is 1. The summed E-state index contributed by atoms with van der Waals surface area (Å²) in [5, 5.41) is 19.7. The van der Waals surface area contributed by atoms with Gasteiger partial charge < -0.3 is 20.5 Å². The number of aryl methyl sites for hydroxylation is 1. The van der Waals surface area contributed by atoms with E-state index in [4.69, 9.17) is 4.74 Å². The number of nitrogens with zero attached hydrogens (tertiary/aromatic N) is 5. The standard InChI is InChI=1S/C19H17N7O3/c1-11-8-16(27)26-19(22-11)24-18(25-26)23-12-4-3-5-13(9-12)29-14-6-7-21-15(10-14)17(28)20-2/h3-10,27H,1-2H3,(H,20,28)(H,23,25). The number of aromatic hydroxyl groups is 1. The van der Waals surface area contributed by atoms with Crippen LogP contribution in [-0.2, 0) is 0 Å². The van der Waals surface area contributed by atoms with Crippen molar-refractivity contribution in [3.63, 3.8) is 0 Å². The highest BCUT2D eigenvalue weighted by molar-refractivity contribution is 5.92. The van der Waals surface area contributed by atoms with E-state index in [1.165, 1.54) is 23.8 Å². The van der Waals surface area contributed by atoms with Gasteiger partial charge >= 0.3 is 0 Å². The van der Waals surface area contributed by atoms with Crippen LogP contribution in [0.5, 0.6) is 17.4 Å². The van der Waals surface area contributed by atoms with Crippen molar-refractivity contribution in [1.29, 1.82) is 0 Å². The molecule has 10 nitrogen and oxygen atoms in total. The van der Waals surface area contributed by atoms with Crippen LogP contribution in [0.1, 0.15) is 16.2 Å². The minimum Gasteiger partial charge on any atom is -0.493 e. The summed E-state index contributed by atoms with van der Waals surface area (Å²) < 4.78 is 7.07. The maximum absolute atomic E-state index is 11.7. The Kier molecular flexibility index (Phi) is 4.65. The van der Waals surface area contributed by atoms with Crippen LogP contribution in [0.4, 0.5) is 11.6 Å². The average molecular weight is 391 g/mol. The second-order valence-corrected chi connectivity index (χ2v) is 6.11. The number of amides is 1. The van der Waals surface area contributed by atoms with Gasteiger partial charge in [0.2, 0.25) is 11.8 Å². The van der Waals surface area contributed by atoms with E-state index in [2.05, 4.69) is 30.7 Å². The fourth-order valence-corrected chi connectivity index (χ4v) is 2.65. The molecule has 3 heterocycles. The fourth-order valence-electron chi connectivity index (χ4n) is 2.65. The van der Waals surface area contributed by atoms with Crippen molar-refractivity contribution in [1.82, 2.24) is 29.9 Å². The second-order valence-electron chi connectivity index (χ2n) is 6.11. The molecule has 0 saturated carbocycles. The predicted octanol–water partition coefficient (Wildman–Crippen LogP) is 2.43. The highest BCUT2D eigenvalue weighted by Gasteiger charge is 2.10. The van der Waals surface area contributed by atoms with Crippen molar-refractivity contribution in [3.05, 3.63) is 60.0 Å². The quantitative estimate of drug-likeness (QED) is 0.473. The molecule has 0 atom stereocenters. The van der Waals surface area contributed by atoms with E-state index in [0.29, 0.717) is 22.9 Å². The minimum atomic E-state index is -0.295. The lowest BCUT2D eigenvalue weighted by molar-refractivity contribution is 0.0958. The van der Waals surface area contributed by atoms with Crippen LogP contribution in [0.15, 0.2) is 48.7 Å². The molecule has 1 amide bonds. The van der Waals surface area contributed by atoms with Crippen molar-refractivity contribution < 1.29 is 14.6 Å². The summed E-state index contributed by atoms with van der Waals surface area (Å²) >= 11 is 0. The topological polar surface area (TPSA) is 127 Å². The third kappa shape index (κ3) is 3.90. The van der Waals surface area contributed by atoms with Gasteiger partial charge in [0, 0.05) is 42.8 Å². The minimum absolute atomic E-state index is 0.0465. The summed E-state index contributed by atoms with van der Waals surface area (Å²) in [7, 11) is 1.54. The predicted molar refractivity (Wildman–Crippen MR) is 105 cm³/mol. The molecule has 0 radical (unpaired) electrons. The number of nitrogens with one attached hydrogen (secondary N) is 2. The number of fused-ring (bicyclic) bond motifs is 1. The van der Waals surface area contributed by atoms with Crippen molar-refractivity contribution in [2.75, 3.05) is 12.4 Å². The molecule has 0 fully saturated rings. The van der Waals surface area contributed by atoms with E-state index in [9.17, 15) is 9.90 Å². The van der Waals surface area contributed by atoms with Crippen LogP contribution in [-0.4, -0.2) is 42.6 Å². The lowest BCUT2D eigenvalue weighted by Crippen LogP contribution is -2.18. The number of hydrogen-bond donors (Lipinski definition) is 3. The van der Waals surface area contributed by atoms with Crippen LogP contribution >= 0.6 is 0 Å². The van der Waals surface area contributed by atoms with Gasteiger partial charge in [0.25, 0.3) is 11.7 Å². The van der Waals surface area contributed by atoms with Gasteiger partial charge in [0.1, 0.15) is 17.2 Å². The molecule has 4 rings (SSSR count). The Morgan fingerprint density at radius 3 is 2.79 bits per heavy atom. The maximum Gasteiger partial charge on any atom is 0.269 e. The lowest BCUT2D eigenvalue weighted by atomic mass is 10.3. The molecule has 3 aromatic heterocycles. The summed E-state index contributed by atoms with van der Waals surface area (Å²) in [4.78, 5) is 24.2. The molecule has 29 heavy (non-hydrogen) atoms. The summed E-state index contributed by atoms with van der Waals surface area (Å²) in [5.74, 6) is 1.25. The number of rotatable bonds is 5. The third-order valence-corrected chi connectivity index (χ3v) is 3.94. The molecule has 0 aliphatic rings. The van der Waals surface area contributed by atoms with Crippen LogP contribution in [0, 0.1) is 6.92 Å². The van der Waals surface area contributed by atoms with Crippen LogP contribution < -0.4 is 15.4 Å². The lowest BCUT2D eigenvalue weighted by Gasteiger charge is -2.08. The van der Waals surface area contributed by atoms with E-state index in [1.54, 1.807) is 37.3 Å². The number of benzene rings is 1. The second kappa shape index (κ2) is 7.43. The fraction of sp³-hybridized carbons (Fsp3) is 0.105. The maximum atomic E-state index is 11.7. The normalized spacial score (nSPS) is 10.7. The highest BCUT2D eigenvalue weighted by atomic mass is 16.5. The smallest absolute Gasteiger partial charge is 0.269 e. The van der Waals surface area contributed by atoms with Gasteiger partial charge in [-0.3, -0.25) is 9.78 Å². The molecular weight excluding hydrogens is 374 g/mol. The summed E-state index contributed by atoms with van der Waals surface area (Å²) in [6, 6.07) is 11.9. The monoisotopic (exact) mass is 391 g/mol. The Bertz CT molecular complexity index is 1210. The number of ether oxygens (including phenoxy) is 1. The molecule has 0 bridgehead atoms. The average Bonchev–Trinajstić information content (AvgIpc) is 3.10. The van der Waals surface area contributed by atoms with E-state index in [0.717, 1.165) is 0 Å². The van der Waals surface area contributed by atoms with E-state index in [-0.39, 0.29) is 29.2 Å². The summed E-state index contributed by atoms with van der Waals surface area (Å²) in [6.07, 6.45) is 1.50. The molecule has 0 aliphatic carbocycles. The van der Waals surface area contributed by atoms with Crippen LogP contribution in [0.2, 0.25) is 0 Å². The van der Waals surface area contributed by atoms with E-state index < -0.39 is 0 Å². The molecule has 3 N–H and O–H groups in total. The third-order valence-electron chi connectivity index (χ3n) is 3.94. The SMILES string of the molecule is CNC(=O)c1cc(Oc2cccc(Nc3nc4nc(C)cc(O)n4n3)c2)ccn1. The molecule has 146 valence electrons. The Morgan fingerprint density at radius 2 is 1.97 bits per heavy atom. The number of pyridine rings is 1. The van der Waals surface area contributed by atoms with Crippen molar-refractivity contribution >= 4 is 23.3 Å². The molecule has 0 spiro atoms. The van der Waals surface area contributed by atoms with Crippen molar-refractivity contribution in [2.45, 2.75) is 6.92 Å². The van der Waals surface area contributed by atoms with E-state index >= 15 is 0 Å².